The molecule has 1 aliphatic heterocycles. The predicted octanol–water partition coefficient (Wildman–Crippen LogP) is 2.41. The zero-order valence-corrected chi connectivity index (χ0v) is 12.5. The Bertz CT molecular complexity index is 462. The van der Waals surface area contributed by atoms with Gasteiger partial charge in [0.25, 0.3) is 0 Å². The maximum atomic E-state index is 6.29. The molecule has 2 fully saturated rings. The Morgan fingerprint density at radius 3 is 2.90 bits per heavy atom. The summed E-state index contributed by atoms with van der Waals surface area (Å²) < 4.78 is 16.9. The van der Waals surface area contributed by atoms with Crippen LogP contribution < -0.4 is 10.5 Å². The van der Waals surface area contributed by atoms with E-state index in [0.717, 1.165) is 25.0 Å². The lowest BCUT2D eigenvalue weighted by Gasteiger charge is -2.39. The topological polar surface area (TPSA) is 53.7 Å². The first kappa shape index (κ1) is 14.2. The van der Waals surface area contributed by atoms with Crippen molar-refractivity contribution in [3.63, 3.8) is 0 Å². The molecule has 110 valence electrons. The molecule has 1 saturated carbocycles. The summed E-state index contributed by atoms with van der Waals surface area (Å²) in [4.78, 5) is 1.18. The van der Waals surface area contributed by atoms with E-state index < -0.39 is 0 Å². The van der Waals surface area contributed by atoms with E-state index in [1.807, 2.05) is 12.1 Å². The molecule has 3 rings (SSSR count). The van der Waals surface area contributed by atoms with E-state index in [2.05, 4.69) is 12.1 Å². The summed E-state index contributed by atoms with van der Waals surface area (Å²) in [5, 5.41) is 0.314. The van der Waals surface area contributed by atoms with Crippen LogP contribution >= 0.6 is 11.8 Å². The molecule has 0 aromatic heterocycles. The average Bonchev–Trinajstić information content (AvgIpc) is 2.92. The predicted molar refractivity (Wildman–Crippen MR) is 79.1 cm³/mol. The Balaban J connectivity index is 1.71. The number of ether oxygens (including phenoxy) is 3. The maximum absolute atomic E-state index is 6.29. The number of hydrogen-bond acceptors (Lipinski definition) is 5. The van der Waals surface area contributed by atoms with Gasteiger partial charge < -0.3 is 19.9 Å². The zero-order chi connectivity index (χ0) is 14.0. The van der Waals surface area contributed by atoms with Crippen molar-refractivity contribution in [3.8, 4) is 5.75 Å². The van der Waals surface area contributed by atoms with Crippen molar-refractivity contribution < 1.29 is 14.2 Å². The third-order valence-corrected chi connectivity index (χ3v) is 5.34. The summed E-state index contributed by atoms with van der Waals surface area (Å²) >= 11 is 1.80. The molecule has 5 heteroatoms. The van der Waals surface area contributed by atoms with Crippen LogP contribution in [-0.4, -0.2) is 37.4 Å². The van der Waals surface area contributed by atoms with Gasteiger partial charge in [-0.15, -0.1) is 11.8 Å². The fourth-order valence-corrected chi connectivity index (χ4v) is 4.21. The van der Waals surface area contributed by atoms with Gasteiger partial charge in [-0.2, -0.15) is 0 Å². The van der Waals surface area contributed by atoms with Gasteiger partial charge in [-0.25, -0.2) is 0 Å². The molecule has 1 aromatic carbocycles. The highest BCUT2D eigenvalue weighted by atomic mass is 32.2. The van der Waals surface area contributed by atoms with E-state index in [9.17, 15) is 0 Å². The summed E-state index contributed by atoms with van der Waals surface area (Å²) in [5.74, 6) is 0.495. The van der Waals surface area contributed by atoms with Gasteiger partial charge in [0, 0.05) is 29.0 Å². The number of rotatable bonds is 3. The summed E-state index contributed by atoms with van der Waals surface area (Å²) in [6, 6.07) is 8.29. The van der Waals surface area contributed by atoms with Gasteiger partial charge in [0.15, 0.2) is 5.79 Å². The van der Waals surface area contributed by atoms with E-state index in [-0.39, 0.29) is 11.8 Å². The zero-order valence-electron chi connectivity index (χ0n) is 11.7. The van der Waals surface area contributed by atoms with Crippen molar-refractivity contribution in [1.29, 1.82) is 0 Å². The monoisotopic (exact) mass is 295 g/mol. The smallest absolute Gasteiger partial charge is 0.169 e. The van der Waals surface area contributed by atoms with Crippen LogP contribution in [0.3, 0.4) is 0 Å². The molecule has 1 aromatic rings. The van der Waals surface area contributed by atoms with Crippen LogP contribution in [0.5, 0.6) is 5.75 Å². The van der Waals surface area contributed by atoms with Crippen molar-refractivity contribution in [1.82, 2.24) is 0 Å². The van der Waals surface area contributed by atoms with Gasteiger partial charge in [-0.05, 0) is 24.6 Å². The molecule has 1 spiro atoms. The van der Waals surface area contributed by atoms with Crippen molar-refractivity contribution in [2.24, 2.45) is 5.73 Å². The molecule has 1 heterocycles. The standard InChI is InChI=1S/C15H21NO3S/c1-17-11-3-2-4-12(9-11)20-14-10-15(6-5-13(14)16)18-7-8-19-15/h2-4,9,13-14H,5-8,10,16H2,1H3. The SMILES string of the molecule is COc1cccc(SC2CC3(CCC2N)OCCO3)c1. The van der Waals surface area contributed by atoms with Crippen LogP contribution in [0.2, 0.25) is 0 Å². The number of methoxy groups -OCH3 is 1. The number of hydrogen-bond donors (Lipinski definition) is 1. The highest BCUT2D eigenvalue weighted by molar-refractivity contribution is 8.00. The van der Waals surface area contributed by atoms with Gasteiger partial charge in [-0.3, -0.25) is 0 Å². The van der Waals surface area contributed by atoms with Crippen LogP contribution in [0, 0.1) is 0 Å². The van der Waals surface area contributed by atoms with Crippen molar-refractivity contribution in [2.45, 2.75) is 41.2 Å². The average molecular weight is 295 g/mol. The summed E-state index contributed by atoms with van der Waals surface area (Å²) in [6.45, 7) is 1.40. The van der Waals surface area contributed by atoms with E-state index in [1.165, 1.54) is 4.90 Å². The van der Waals surface area contributed by atoms with Crippen LogP contribution in [0.4, 0.5) is 0 Å². The van der Waals surface area contributed by atoms with Gasteiger partial charge in [0.2, 0.25) is 0 Å². The lowest BCUT2D eigenvalue weighted by molar-refractivity contribution is -0.176. The molecular weight excluding hydrogens is 274 g/mol. The molecule has 4 nitrogen and oxygen atoms in total. The lowest BCUT2D eigenvalue weighted by atomic mass is 9.90. The molecule has 1 saturated heterocycles. The van der Waals surface area contributed by atoms with Gasteiger partial charge in [-0.1, -0.05) is 6.07 Å². The first-order valence-corrected chi connectivity index (χ1v) is 7.93. The fourth-order valence-electron chi connectivity index (χ4n) is 2.87. The Kier molecular flexibility index (Phi) is 4.21. The molecule has 0 radical (unpaired) electrons. The van der Waals surface area contributed by atoms with E-state index in [1.54, 1.807) is 18.9 Å². The summed E-state index contributed by atoms with van der Waals surface area (Å²) in [7, 11) is 1.69. The lowest BCUT2D eigenvalue weighted by Crippen LogP contribution is -2.47. The Morgan fingerprint density at radius 1 is 1.35 bits per heavy atom. The molecule has 2 aliphatic rings. The van der Waals surface area contributed by atoms with E-state index in [4.69, 9.17) is 19.9 Å². The summed E-state index contributed by atoms with van der Waals surface area (Å²) in [6.07, 6.45) is 2.71. The van der Waals surface area contributed by atoms with E-state index >= 15 is 0 Å². The highest BCUT2D eigenvalue weighted by Crippen LogP contribution is 2.42. The second kappa shape index (κ2) is 5.93. The fraction of sp³-hybridized carbons (Fsp3) is 0.600. The van der Waals surface area contributed by atoms with Crippen LogP contribution in [-0.2, 0) is 9.47 Å². The normalized spacial score (nSPS) is 28.7. The molecule has 0 amide bonds. The molecule has 2 N–H and O–H groups in total. The number of benzene rings is 1. The minimum Gasteiger partial charge on any atom is -0.497 e. The number of thioether (sulfide) groups is 1. The molecule has 1 aliphatic carbocycles. The molecule has 20 heavy (non-hydrogen) atoms. The molecule has 0 bridgehead atoms. The number of nitrogens with two attached hydrogens (primary N) is 1. The molecule has 2 unspecified atom stereocenters. The van der Waals surface area contributed by atoms with Crippen molar-refractivity contribution in [2.75, 3.05) is 20.3 Å². The first-order chi connectivity index (χ1) is 9.71. The maximum Gasteiger partial charge on any atom is 0.169 e. The van der Waals surface area contributed by atoms with Crippen LogP contribution in [0.1, 0.15) is 19.3 Å². The first-order valence-electron chi connectivity index (χ1n) is 7.05. The summed E-state index contributed by atoms with van der Waals surface area (Å²) in [5.41, 5.74) is 6.29. The largest absolute Gasteiger partial charge is 0.497 e. The third kappa shape index (κ3) is 2.96. The minimum atomic E-state index is -0.383. The highest BCUT2D eigenvalue weighted by Gasteiger charge is 2.44. The second-order valence-electron chi connectivity index (χ2n) is 5.35. The quantitative estimate of drug-likeness (QED) is 0.928. The molecule has 2 atom stereocenters. The second-order valence-corrected chi connectivity index (χ2v) is 6.66. The van der Waals surface area contributed by atoms with Gasteiger partial charge in [0.1, 0.15) is 5.75 Å². The van der Waals surface area contributed by atoms with Gasteiger partial charge >= 0.3 is 0 Å². The van der Waals surface area contributed by atoms with Gasteiger partial charge in [0.05, 0.1) is 20.3 Å². The molecular formula is C15H21NO3S. The Hall–Kier alpha value is -0.750. The van der Waals surface area contributed by atoms with Crippen molar-refractivity contribution in [3.05, 3.63) is 24.3 Å². The third-order valence-electron chi connectivity index (χ3n) is 3.99. The Morgan fingerprint density at radius 2 is 2.15 bits per heavy atom. The van der Waals surface area contributed by atoms with Crippen molar-refractivity contribution >= 4 is 11.8 Å². The Labute approximate surface area is 124 Å². The van der Waals surface area contributed by atoms with Crippen LogP contribution in [0.25, 0.3) is 0 Å². The van der Waals surface area contributed by atoms with Crippen LogP contribution in [0.15, 0.2) is 29.2 Å². The van der Waals surface area contributed by atoms with E-state index in [0.29, 0.717) is 18.5 Å². The minimum absolute atomic E-state index is 0.185.